The van der Waals surface area contributed by atoms with Crippen LogP contribution in [0.4, 0.5) is 0 Å². The van der Waals surface area contributed by atoms with E-state index < -0.39 is 0 Å². The van der Waals surface area contributed by atoms with Crippen molar-refractivity contribution < 1.29 is 0 Å². The second-order valence-corrected chi connectivity index (χ2v) is 2.22. The van der Waals surface area contributed by atoms with Crippen LogP contribution in [0.5, 0.6) is 0 Å². The Kier molecular flexibility index (Phi) is 6.85. The van der Waals surface area contributed by atoms with Crippen molar-refractivity contribution in [2.75, 3.05) is 14.1 Å². The summed E-state index contributed by atoms with van der Waals surface area (Å²) >= 11 is 0. The molecule has 2 heteroatoms. The van der Waals surface area contributed by atoms with Gasteiger partial charge in [0.15, 0.2) is 0 Å². The van der Waals surface area contributed by atoms with E-state index in [1.165, 1.54) is 6.42 Å². The molecule has 0 rings (SSSR count). The minimum absolute atomic E-state index is 0. The van der Waals surface area contributed by atoms with Gasteiger partial charge in [-0.3, -0.25) is 0 Å². The van der Waals surface area contributed by atoms with Crippen molar-refractivity contribution >= 4 is 0 Å². The van der Waals surface area contributed by atoms with E-state index in [-0.39, 0.29) is 6.15 Å². The fourth-order valence-corrected chi connectivity index (χ4v) is 0.365. The Hall–Kier alpha value is -0.0800. The van der Waals surface area contributed by atoms with Crippen LogP contribution in [0.15, 0.2) is 0 Å². The molecule has 0 saturated heterocycles. The predicted molar refractivity (Wildman–Crippen MR) is 38.5 cm³/mol. The van der Waals surface area contributed by atoms with Crippen molar-refractivity contribution in [3.8, 4) is 0 Å². The molecule has 0 aromatic heterocycles. The number of nitrogens with zero attached hydrogens (tertiary/aromatic N) is 1. The molecule has 1 atom stereocenters. The first-order chi connectivity index (χ1) is 3.18. The van der Waals surface area contributed by atoms with Gasteiger partial charge in [0.2, 0.25) is 0 Å². The third-order valence-electron chi connectivity index (χ3n) is 1.47. The van der Waals surface area contributed by atoms with Gasteiger partial charge in [-0.1, -0.05) is 6.92 Å². The monoisotopic (exact) mass is 118 g/mol. The molecule has 0 fully saturated rings. The van der Waals surface area contributed by atoms with Gasteiger partial charge in [-0.2, -0.15) is 0 Å². The number of hydrogen-bond acceptors (Lipinski definition) is 2. The summed E-state index contributed by atoms with van der Waals surface area (Å²) in [7, 11) is 4.21. The molecule has 0 aliphatic rings. The average Bonchev–Trinajstić information content (AvgIpc) is 1.65. The van der Waals surface area contributed by atoms with Crippen LogP contribution in [0.2, 0.25) is 0 Å². The predicted octanol–water partition coefficient (Wildman–Crippen LogP) is 1.51. The van der Waals surface area contributed by atoms with E-state index in [0.29, 0.717) is 0 Å². The standard InChI is InChI=1S/C6H15N.H3N/c1-5-6(2)7(3)4;/h6H,5H2,1-4H3;1H3. The van der Waals surface area contributed by atoms with Crippen LogP contribution in [-0.4, -0.2) is 25.0 Å². The minimum atomic E-state index is 0. The Morgan fingerprint density at radius 2 is 1.75 bits per heavy atom. The lowest BCUT2D eigenvalue weighted by Crippen LogP contribution is -2.23. The number of rotatable bonds is 2. The Morgan fingerprint density at radius 1 is 1.38 bits per heavy atom. The first-order valence-corrected chi connectivity index (χ1v) is 2.85. The van der Waals surface area contributed by atoms with Crippen LogP contribution in [0.25, 0.3) is 0 Å². The summed E-state index contributed by atoms with van der Waals surface area (Å²) in [6.07, 6.45) is 1.24. The fraction of sp³-hybridized carbons (Fsp3) is 1.00. The van der Waals surface area contributed by atoms with Gasteiger partial charge in [0.05, 0.1) is 0 Å². The molecule has 2 nitrogen and oxygen atoms in total. The molecule has 0 aromatic rings. The first kappa shape index (κ1) is 10.8. The zero-order valence-corrected chi connectivity index (χ0v) is 6.44. The Labute approximate surface area is 52.5 Å². The van der Waals surface area contributed by atoms with Crippen molar-refractivity contribution in [2.45, 2.75) is 26.3 Å². The first-order valence-electron chi connectivity index (χ1n) is 2.85. The minimum Gasteiger partial charge on any atom is -0.344 e. The van der Waals surface area contributed by atoms with Gasteiger partial charge in [-0.05, 0) is 27.4 Å². The molecule has 52 valence electrons. The lowest BCUT2D eigenvalue weighted by atomic mass is 10.2. The maximum absolute atomic E-state index is 2.22. The van der Waals surface area contributed by atoms with Crippen LogP contribution in [0, 0.1) is 0 Å². The molecular weight excluding hydrogens is 100 g/mol. The summed E-state index contributed by atoms with van der Waals surface area (Å²) in [4.78, 5) is 2.22. The fourth-order valence-electron chi connectivity index (χ4n) is 0.365. The normalized spacial score (nSPS) is 13.1. The molecule has 0 heterocycles. The molecule has 0 saturated carbocycles. The molecule has 0 amide bonds. The molecule has 0 aromatic carbocycles. The highest BCUT2D eigenvalue weighted by molar-refractivity contribution is 4.53. The third-order valence-corrected chi connectivity index (χ3v) is 1.47. The topological polar surface area (TPSA) is 38.2 Å². The second kappa shape index (κ2) is 5.06. The van der Waals surface area contributed by atoms with E-state index in [9.17, 15) is 0 Å². The van der Waals surface area contributed by atoms with Gasteiger partial charge in [-0.25, -0.2) is 0 Å². The smallest absolute Gasteiger partial charge is 0.00582 e. The van der Waals surface area contributed by atoms with Crippen molar-refractivity contribution in [2.24, 2.45) is 0 Å². The molecule has 8 heavy (non-hydrogen) atoms. The molecule has 0 spiro atoms. The van der Waals surface area contributed by atoms with Crippen molar-refractivity contribution in [3.63, 3.8) is 0 Å². The van der Waals surface area contributed by atoms with Crippen LogP contribution in [0.3, 0.4) is 0 Å². The van der Waals surface area contributed by atoms with Gasteiger partial charge >= 0.3 is 0 Å². The zero-order valence-electron chi connectivity index (χ0n) is 6.44. The van der Waals surface area contributed by atoms with Crippen molar-refractivity contribution in [1.82, 2.24) is 11.1 Å². The highest BCUT2D eigenvalue weighted by Gasteiger charge is 1.96. The lowest BCUT2D eigenvalue weighted by molar-refractivity contribution is 0.307. The second-order valence-electron chi connectivity index (χ2n) is 2.22. The molecule has 0 bridgehead atoms. The Morgan fingerprint density at radius 3 is 1.75 bits per heavy atom. The van der Waals surface area contributed by atoms with Crippen molar-refractivity contribution in [3.05, 3.63) is 0 Å². The van der Waals surface area contributed by atoms with Crippen molar-refractivity contribution in [1.29, 1.82) is 0 Å². The van der Waals surface area contributed by atoms with Gasteiger partial charge in [0, 0.05) is 6.04 Å². The summed E-state index contributed by atoms with van der Waals surface area (Å²) in [5.41, 5.74) is 0. The quantitative estimate of drug-likeness (QED) is 0.597. The zero-order chi connectivity index (χ0) is 5.86. The average molecular weight is 118 g/mol. The largest absolute Gasteiger partial charge is 0.344 e. The maximum Gasteiger partial charge on any atom is 0.00582 e. The Bertz CT molecular complexity index is 43.8. The van der Waals surface area contributed by atoms with Crippen LogP contribution in [0.1, 0.15) is 20.3 Å². The maximum atomic E-state index is 2.22. The van der Waals surface area contributed by atoms with E-state index >= 15 is 0 Å². The van der Waals surface area contributed by atoms with Gasteiger partial charge in [0.25, 0.3) is 0 Å². The molecular formula is C6H18N2. The lowest BCUT2D eigenvalue weighted by Gasteiger charge is -2.16. The van der Waals surface area contributed by atoms with Crippen LogP contribution >= 0.6 is 0 Å². The SMILES string of the molecule is CCC(C)N(C)C.N. The van der Waals surface area contributed by atoms with Gasteiger partial charge in [-0.15, -0.1) is 0 Å². The molecule has 0 aliphatic carbocycles. The van der Waals surface area contributed by atoms with E-state index in [2.05, 4.69) is 32.8 Å². The summed E-state index contributed by atoms with van der Waals surface area (Å²) in [6.45, 7) is 4.42. The molecule has 0 aliphatic heterocycles. The molecule has 3 N–H and O–H groups in total. The molecule has 1 unspecified atom stereocenters. The summed E-state index contributed by atoms with van der Waals surface area (Å²) in [6, 6.07) is 0.736. The number of hydrogen-bond donors (Lipinski definition) is 1. The van der Waals surface area contributed by atoms with Gasteiger partial charge in [0.1, 0.15) is 0 Å². The third kappa shape index (κ3) is 4.09. The summed E-state index contributed by atoms with van der Waals surface area (Å²) in [5.74, 6) is 0. The van der Waals surface area contributed by atoms with E-state index in [0.717, 1.165) is 6.04 Å². The highest BCUT2D eigenvalue weighted by Crippen LogP contribution is 1.93. The summed E-state index contributed by atoms with van der Waals surface area (Å²) in [5, 5.41) is 0. The Balaban J connectivity index is 0. The van der Waals surface area contributed by atoms with Crippen LogP contribution < -0.4 is 6.15 Å². The van der Waals surface area contributed by atoms with E-state index in [1.54, 1.807) is 0 Å². The van der Waals surface area contributed by atoms with E-state index in [1.807, 2.05) is 0 Å². The van der Waals surface area contributed by atoms with E-state index in [4.69, 9.17) is 0 Å². The highest BCUT2D eigenvalue weighted by atomic mass is 15.1. The van der Waals surface area contributed by atoms with Crippen LogP contribution in [-0.2, 0) is 0 Å². The summed E-state index contributed by atoms with van der Waals surface area (Å²) < 4.78 is 0. The molecule has 0 radical (unpaired) electrons. The van der Waals surface area contributed by atoms with Gasteiger partial charge < -0.3 is 11.1 Å².